The highest BCUT2D eigenvalue weighted by atomic mass is 32.2. The van der Waals surface area contributed by atoms with Gasteiger partial charge in [-0.2, -0.15) is 0 Å². The number of thioether (sulfide) groups is 1. The molecule has 0 saturated heterocycles. The maximum Gasteiger partial charge on any atom is 0.00762 e. The molecule has 0 spiro atoms. The zero-order valence-corrected chi connectivity index (χ0v) is 10.3. The molecular weight excluding hydrogens is 202 g/mol. The first kappa shape index (κ1) is 11.0. The van der Waals surface area contributed by atoms with E-state index in [1.807, 2.05) is 11.8 Å². The van der Waals surface area contributed by atoms with E-state index >= 15 is 0 Å². The Morgan fingerprint density at radius 1 is 1.27 bits per heavy atom. The highest BCUT2D eigenvalue weighted by molar-refractivity contribution is 7.99. The molecule has 0 atom stereocenters. The molecule has 0 heterocycles. The van der Waals surface area contributed by atoms with Crippen molar-refractivity contribution in [1.82, 2.24) is 0 Å². The van der Waals surface area contributed by atoms with Crippen LogP contribution in [0, 0.1) is 0 Å². The second kappa shape index (κ2) is 4.18. The van der Waals surface area contributed by atoms with Gasteiger partial charge in [0.25, 0.3) is 0 Å². The summed E-state index contributed by atoms with van der Waals surface area (Å²) >= 11 is 1.91. The summed E-state index contributed by atoms with van der Waals surface area (Å²) in [6, 6.07) is 8.97. The Bertz CT molecular complexity index is 325. The standard InChI is InChI=1S/C13H19NS/c1-10(2)15-12-5-3-11(4-6-12)13(9-14)7-8-13/h3-6,10H,7-9,14H2,1-2H3. The third-order valence-corrected chi connectivity index (χ3v) is 4.10. The van der Waals surface area contributed by atoms with Crippen LogP contribution in [0.2, 0.25) is 0 Å². The molecule has 1 aliphatic rings. The summed E-state index contributed by atoms with van der Waals surface area (Å²) in [4.78, 5) is 1.36. The fourth-order valence-electron chi connectivity index (χ4n) is 1.92. The Morgan fingerprint density at radius 2 is 1.87 bits per heavy atom. The third kappa shape index (κ3) is 2.37. The van der Waals surface area contributed by atoms with Gasteiger partial charge in [0.05, 0.1) is 0 Å². The van der Waals surface area contributed by atoms with Crippen molar-refractivity contribution in [2.45, 2.75) is 42.2 Å². The number of nitrogens with two attached hydrogens (primary N) is 1. The monoisotopic (exact) mass is 221 g/mol. The molecule has 2 rings (SSSR count). The molecule has 1 saturated carbocycles. The Hall–Kier alpha value is -0.470. The van der Waals surface area contributed by atoms with Gasteiger partial charge in [-0.1, -0.05) is 26.0 Å². The normalized spacial score (nSPS) is 18.1. The molecule has 1 nitrogen and oxygen atoms in total. The van der Waals surface area contributed by atoms with Crippen molar-refractivity contribution < 1.29 is 0 Å². The number of hydrogen-bond donors (Lipinski definition) is 1. The molecule has 1 aromatic carbocycles. The average molecular weight is 221 g/mol. The molecule has 0 aliphatic heterocycles. The van der Waals surface area contributed by atoms with Crippen molar-refractivity contribution in [3.63, 3.8) is 0 Å². The van der Waals surface area contributed by atoms with E-state index in [1.54, 1.807) is 0 Å². The fourth-order valence-corrected chi connectivity index (χ4v) is 2.76. The highest BCUT2D eigenvalue weighted by Gasteiger charge is 2.42. The summed E-state index contributed by atoms with van der Waals surface area (Å²) in [5, 5.41) is 0.653. The topological polar surface area (TPSA) is 26.0 Å². The molecule has 0 radical (unpaired) electrons. The van der Waals surface area contributed by atoms with Crippen LogP contribution in [0.15, 0.2) is 29.2 Å². The predicted molar refractivity (Wildman–Crippen MR) is 67.4 cm³/mol. The van der Waals surface area contributed by atoms with Crippen LogP contribution >= 0.6 is 11.8 Å². The van der Waals surface area contributed by atoms with Gasteiger partial charge in [-0.3, -0.25) is 0 Å². The van der Waals surface area contributed by atoms with Crippen LogP contribution in [0.1, 0.15) is 32.3 Å². The molecule has 0 aromatic heterocycles. The van der Waals surface area contributed by atoms with E-state index in [2.05, 4.69) is 38.1 Å². The van der Waals surface area contributed by atoms with Gasteiger partial charge >= 0.3 is 0 Å². The summed E-state index contributed by atoms with van der Waals surface area (Å²) in [7, 11) is 0. The minimum atomic E-state index is 0.334. The minimum Gasteiger partial charge on any atom is -0.330 e. The highest BCUT2D eigenvalue weighted by Crippen LogP contribution is 2.47. The van der Waals surface area contributed by atoms with Gasteiger partial charge in [0.1, 0.15) is 0 Å². The second-order valence-electron chi connectivity index (χ2n) is 4.68. The number of rotatable bonds is 4. The van der Waals surface area contributed by atoms with Crippen molar-refractivity contribution in [2.24, 2.45) is 5.73 Å². The van der Waals surface area contributed by atoms with E-state index in [1.165, 1.54) is 23.3 Å². The maximum atomic E-state index is 5.81. The Morgan fingerprint density at radius 3 is 2.27 bits per heavy atom. The maximum absolute atomic E-state index is 5.81. The first-order valence-corrected chi connectivity index (χ1v) is 6.51. The summed E-state index contributed by atoms with van der Waals surface area (Å²) in [6.07, 6.45) is 2.53. The lowest BCUT2D eigenvalue weighted by Gasteiger charge is -2.13. The van der Waals surface area contributed by atoms with Crippen molar-refractivity contribution in [3.8, 4) is 0 Å². The quantitative estimate of drug-likeness (QED) is 0.790. The van der Waals surface area contributed by atoms with E-state index in [-0.39, 0.29) is 0 Å². The zero-order valence-electron chi connectivity index (χ0n) is 9.49. The lowest BCUT2D eigenvalue weighted by atomic mass is 9.96. The van der Waals surface area contributed by atoms with E-state index in [0.717, 1.165) is 6.54 Å². The van der Waals surface area contributed by atoms with Crippen LogP contribution in [0.25, 0.3) is 0 Å². The van der Waals surface area contributed by atoms with Crippen LogP contribution in [0.3, 0.4) is 0 Å². The largest absolute Gasteiger partial charge is 0.330 e. The van der Waals surface area contributed by atoms with Crippen molar-refractivity contribution in [3.05, 3.63) is 29.8 Å². The van der Waals surface area contributed by atoms with E-state index in [9.17, 15) is 0 Å². The van der Waals surface area contributed by atoms with Crippen LogP contribution in [-0.2, 0) is 5.41 Å². The van der Waals surface area contributed by atoms with Crippen molar-refractivity contribution in [2.75, 3.05) is 6.54 Å². The van der Waals surface area contributed by atoms with Crippen LogP contribution < -0.4 is 5.73 Å². The van der Waals surface area contributed by atoms with Gasteiger partial charge < -0.3 is 5.73 Å². The molecule has 1 fully saturated rings. The number of hydrogen-bond acceptors (Lipinski definition) is 2. The smallest absolute Gasteiger partial charge is 0.00762 e. The lowest BCUT2D eigenvalue weighted by Crippen LogP contribution is -2.19. The molecular formula is C13H19NS. The van der Waals surface area contributed by atoms with Gasteiger partial charge in [-0.15, -0.1) is 11.8 Å². The lowest BCUT2D eigenvalue weighted by molar-refractivity contribution is 0.704. The van der Waals surface area contributed by atoms with Gasteiger partial charge in [0, 0.05) is 22.1 Å². The summed E-state index contributed by atoms with van der Waals surface area (Å²) < 4.78 is 0. The first-order chi connectivity index (χ1) is 7.16. The molecule has 1 aliphatic carbocycles. The predicted octanol–water partition coefficient (Wildman–Crippen LogP) is 3.18. The molecule has 0 amide bonds. The molecule has 1 aromatic rings. The van der Waals surface area contributed by atoms with Crippen LogP contribution in [0.4, 0.5) is 0 Å². The number of benzene rings is 1. The van der Waals surface area contributed by atoms with Gasteiger partial charge in [0.15, 0.2) is 0 Å². The minimum absolute atomic E-state index is 0.334. The van der Waals surface area contributed by atoms with Crippen molar-refractivity contribution >= 4 is 11.8 Å². The second-order valence-corrected chi connectivity index (χ2v) is 6.33. The Labute approximate surface area is 96.4 Å². The summed E-state index contributed by atoms with van der Waals surface area (Å²) in [5.74, 6) is 0. The third-order valence-electron chi connectivity index (χ3n) is 3.08. The fraction of sp³-hybridized carbons (Fsp3) is 0.538. The van der Waals surface area contributed by atoms with E-state index in [4.69, 9.17) is 5.73 Å². The first-order valence-electron chi connectivity index (χ1n) is 5.63. The molecule has 0 unspecified atom stereocenters. The average Bonchev–Trinajstić information content (AvgIpc) is 2.99. The van der Waals surface area contributed by atoms with Gasteiger partial charge in [-0.05, 0) is 30.5 Å². The summed E-state index contributed by atoms with van der Waals surface area (Å²) in [6.45, 7) is 5.24. The SMILES string of the molecule is CC(C)Sc1ccc(C2(CN)CC2)cc1. The molecule has 2 N–H and O–H groups in total. The Kier molecular flexibility index (Phi) is 3.08. The van der Waals surface area contributed by atoms with Crippen LogP contribution in [-0.4, -0.2) is 11.8 Å². The Balaban J connectivity index is 2.10. The molecule has 2 heteroatoms. The van der Waals surface area contributed by atoms with E-state index < -0.39 is 0 Å². The molecule has 0 bridgehead atoms. The van der Waals surface area contributed by atoms with Crippen molar-refractivity contribution in [1.29, 1.82) is 0 Å². The van der Waals surface area contributed by atoms with E-state index in [0.29, 0.717) is 10.7 Å². The van der Waals surface area contributed by atoms with Crippen LogP contribution in [0.5, 0.6) is 0 Å². The van der Waals surface area contributed by atoms with Gasteiger partial charge in [-0.25, -0.2) is 0 Å². The molecule has 15 heavy (non-hydrogen) atoms. The zero-order chi connectivity index (χ0) is 10.9. The molecule has 82 valence electrons. The van der Waals surface area contributed by atoms with Gasteiger partial charge in [0.2, 0.25) is 0 Å². The summed E-state index contributed by atoms with van der Waals surface area (Å²) in [5.41, 5.74) is 7.58.